The molecule has 1 heterocycles. The van der Waals surface area contributed by atoms with Gasteiger partial charge in [-0.3, -0.25) is 15.6 Å². The quantitative estimate of drug-likeness (QED) is 0.655. The maximum Gasteiger partial charge on any atom is 0.418 e. The molecule has 0 radical (unpaired) electrons. The third-order valence-corrected chi connectivity index (χ3v) is 4.79. The van der Waals surface area contributed by atoms with Gasteiger partial charge in [0.05, 0.1) is 23.9 Å². The van der Waals surface area contributed by atoms with E-state index in [1.807, 2.05) is 6.07 Å². The van der Waals surface area contributed by atoms with Gasteiger partial charge in [0, 0.05) is 10.9 Å². The highest BCUT2D eigenvalue weighted by Gasteiger charge is 2.33. The summed E-state index contributed by atoms with van der Waals surface area (Å²) >= 11 is 0. The van der Waals surface area contributed by atoms with Crippen LogP contribution in [-0.2, 0) is 30.2 Å². The molecule has 1 aliphatic carbocycles. The molecule has 7 heteroatoms. The molecule has 4 rings (SSSR count). The molecule has 0 fully saturated rings. The highest BCUT2D eigenvalue weighted by atomic mass is 19.4. The summed E-state index contributed by atoms with van der Waals surface area (Å²) < 4.78 is 44.5. The van der Waals surface area contributed by atoms with Gasteiger partial charge in [-0.2, -0.15) is 13.2 Å². The number of furan rings is 1. The van der Waals surface area contributed by atoms with Crippen molar-refractivity contribution in [2.24, 2.45) is 0 Å². The molecular weight excluding hydrogens is 357 g/mol. The number of amides is 1. The van der Waals surface area contributed by atoms with E-state index < -0.39 is 17.6 Å². The monoisotopic (exact) mass is 374 g/mol. The molecular formula is C20H17F3N2O2. The first kappa shape index (κ1) is 17.5. The summed E-state index contributed by atoms with van der Waals surface area (Å²) in [4.78, 5) is 12.2. The van der Waals surface area contributed by atoms with E-state index in [4.69, 9.17) is 4.42 Å². The largest absolute Gasteiger partial charge is 0.464 e. The molecule has 0 atom stereocenters. The number of anilines is 1. The fourth-order valence-corrected chi connectivity index (χ4v) is 3.48. The van der Waals surface area contributed by atoms with E-state index in [1.54, 1.807) is 0 Å². The summed E-state index contributed by atoms with van der Waals surface area (Å²) in [6, 6.07) is 9.05. The van der Waals surface area contributed by atoms with E-state index in [2.05, 4.69) is 16.9 Å². The van der Waals surface area contributed by atoms with Crippen molar-refractivity contribution in [1.82, 2.24) is 5.43 Å². The van der Waals surface area contributed by atoms with Crippen LogP contribution in [-0.4, -0.2) is 5.91 Å². The van der Waals surface area contributed by atoms with Gasteiger partial charge in [-0.15, -0.1) is 0 Å². The number of fused-ring (bicyclic) bond motifs is 2. The number of alkyl halides is 3. The summed E-state index contributed by atoms with van der Waals surface area (Å²) in [6.07, 6.45) is 0.188. The van der Waals surface area contributed by atoms with Crippen LogP contribution in [0, 0.1) is 0 Å². The van der Waals surface area contributed by atoms with Crippen LogP contribution in [0.25, 0.3) is 11.0 Å². The molecule has 0 spiro atoms. The zero-order valence-electron chi connectivity index (χ0n) is 14.3. The average molecular weight is 374 g/mol. The first-order valence-electron chi connectivity index (χ1n) is 8.65. The Morgan fingerprint density at radius 1 is 1.11 bits per heavy atom. The van der Waals surface area contributed by atoms with Crippen LogP contribution in [0.4, 0.5) is 18.9 Å². The summed E-state index contributed by atoms with van der Waals surface area (Å²) in [5, 5.41) is 0.876. The van der Waals surface area contributed by atoms with Gasteiger partial charge in [-0.05, 0) is 54.7 Å². The van der Waals surface area contributed by atoms with Crippen molar-refractivity contribution in [3.8, 4) is 0 Å². The van der Waals surface area contributed by atoms with Crippen molar-refractivity contribution in [3.63, 3.8) is 0 Å². The third-order valence-electron chi connectivity index (χ3n) is 4.79. The fraction of sp³-hybridized carbons (Fsp3) is 0.250. The topological polar surface area (TPSA) is 54.3 Å². The molecule has 1 aromatic heterocycles. The van der Waals surface area contributed by atoms with E-state index in [1.165, 1.54) is 35.6 Å². The Balaban J connectivity index is 1.47. The van der Waals surface area contributed by atoms with Crippen LogP contribution in [0.5, 0.6) is 0 Å². The Morgan fingerprint density at radius 2 is 1.85 bits per heavy atom. The minimum absolute atomic E-state index is 0.00692. The molecule has 3 aromatic rings. The number of nitrogens with one attached hydrogen (secondary N) is 2. The predicted octanol–water partition coefficient (Wildman–Crippen LogP) is 4.63. The van der Waals surface area contributed by atoms with Gasteiger partial charge in [0.25, 0.3) is 0 Å². The van der Waals surface area contributed by atoms with Gasteiger partial charge in [0.15, 0.2) is 0 Å². The van der Waals surface area contributed by atoms with Gasteiger partial charge in [0.2, 0.25) is 5.91 Å². The fourth-order valence-electron chi connectivity index (χ4n) is 3.48. The standard InChI is InChI=1S/C20H17F3N2O2/c21-20(22,23)16-6-1-2-7-17(16)24-25-19(26)10-14-11-27-18-9-13-5-3-4-12(13)8-15(14)18/h1-2,6-9,11,24H,3-5,10H2,(H,25,26). The van der Waals surface area contributed by atoms with Crippen LogP contribution in [0.15, 0.2) is 47.1 Å². The first-order valence-corrected chi connectivity index (χ1v) is 8.65. The van der Waals surface area contributed by atoms with Crippen LogP contribution >= 0.6 is 0 Å². The van der Waals surface area contributed by atoms with Gasteiger partial charge >= 0.3 is 6.18 Å². The lowest BCUT2D eigenvalue weighted by atomic mass is 10.0. The molecule has 2 aromatic carbocycles. The molecule has 0 bridgehead atoms. The second-order valence-electron chi connectivity index (χ2n) is 6.62. The van der Waals surface area contributed by atoms with Crippen molar-refractivity contribution in [2.45, 2.75) is 31.9 Å². The SMILES string of the molecule is O=C(Cc1coc2cc3c(cc12)CCC3)NNc1ccccc1C(F)(F)F. The maximum absolute atomic E-state index is 13.0. The summed E-state index contributed by atoms with van der Waals surface area (Å²) in [7, 11) is 0. The van der Waals surface area contributed by atoms with Gasteiger partial charge in [-0.1, -0.05) is 12.1 Å². The summed E-state index contributed by atoms with van der Waals surface area (Å²) in [6.45, 7) is 0. The van der Waals surface area contributed by atoms with Gasteiger partial charge in [-0.25, -0.2) is 0 Å². The minimum Gasteiger partial charge on any atom is -0.464 e. The van der Waals surface area contributed by atoms with E-state index in [-0.39, 0.29) is 12.1 Å². The zero-order valence-corrected chi connectivity index (χ0v) is 14.3. The van der Waals surface area contributed by atoms with Crippen molar-refractivity contribution >= 4 is 22.6 Å². The lowest BCUT2D eigenvalue weighted by molar-refractivity contribution is -0.137. The molecule has 0 saturated heterocycles. The smallest absolute Gasteiger partial charge is 0.418 e. The Morgan fingerprint density at radius 3 is 2.63 bits per heavy atom. The molecule has 0 unspecified atom stereocenters. The first-order chi connectivity index (χ1) is 12.9. The zero-order chi connectivity index (χ0) is 19.0. The number of para-hydroxylation sites is 1. The number of benzene rings is 2. The molecule has 0 aliphatic heterocycles. The van der Waals surface area contributed by atoms with Crippen LogP contribution in [0.3, 0.4) is 0 Å². The molecule has 2 N–H and O–H groups in total. The maximum atomic E-state index is 13.0. The molecule has 1 amide bonds. The number of hydrogen-bond donors (Lipinski definition) is 2. The average Bonchev–Trinajstić information content (AvgIpc) is 3.24. The molecule has 1 aliphatic rings. The lowest BCUT2D eigenvalue weighted by Crippen LogP contribution is -2.31. The lowest BCUT2D eigenvalue weighted by Gasteiger charge is -2.14. The van der Waals surface area contributed by atoms with E-state index in [0.717, 1.165) is 36.3 Å². The highest BCUT2D eigenvalue weighted by molar-refractivity contribution is 5.89. The van der Waals surface area contributed by atoms with Gasteiger partial charge in [0.1, 0.15) is 5.58 Å². The van der Waals surface area contributed by atoms with Crippen molar-refractivity contribution < 1.29 is 22.4 Å². The van der Waals surface area contributed by atoms with E-state index in [9.17, 15) is 18.0 Å². The van der Waals surface area contributed by atoms with Crippen molar-refractivity contribution in [2.75, 3.05) is 5.43 Å². The van der Waals surface area contributed by atoms with Crippen molar-refractivity contribution in [3.05, 3.63) is 64.9 Å². The second-order valence-corrected chi connectivity index (χ2v) is 6.62. The van der Waals surface area contributed by atoms with Crippen LogP contribution in [0.2, 0.25) is 0 Å². The number of hydrogen-bond acceptors (Lipinski definition) is 3. The molecule has 140 valence electrons. The van der Waals surface area contributed by atoms with Crippen molar-refractivity contribution in [1.29, 1.82) is 0 Å². The normalized spacial score (nSPS) is 13.6. The molecule has 0 saturated carbocycles. The Kier molecular flexibility index (Phi) is 4.30. The number of rotatable bonds is 4. The number of hydrazine groups is 1. The molecule has 27 heavy (non-hydrogen) atoms. The summed E-state index contributed by atoms with van der Waals surface area (Å²) in [5.41, 5.74) is 7.65. The number of aryl methyl sites for hydroxylation is 2. The Hall–Kier alpha value is -2.96. The predicted molar refractivity (Wildman–Crippen MR) is 95.2 cm³/mol. The Bertz CT molecular complexity index is 1010. The highest BCUT2D eigenvalue weighted by Crippen LogP contribution is 2.34. The minimum atomic E-state index is -4.50. The Labute approximate surface area is 153 Å². The number of halogens is 3. The third kappa shape index (κ3) is 3.49. The summed E-state index contributed by atoms with van der Waals surface area (Å²) in [5.74, 6) is -0.449. The van der Waals surface area contributed by atoms with E-state index in [0.29, 0.717) is 5.56 Å². The molecule has 4 nitrogen and oxygen atoms in total. The number of carbonyl (C=O) groups excluding carboxylic acids is 1. The second kappa shape index (κ2) is 6.64. The number of carbonyl (C=O) groups is 1. The van der Waals surface area contributed by atoms with Crippen LogP contribution in [0.1, 0.15) is 28.7 Å². The van der Waals surface area contributed by atoms with Gasteiger partial charge < -0.3 is 4.42 Å². The van der Waals surface area contributed by atoms with Crippen LogP contribution < -0.4 is 10.9 Å². The van der Waals surface area contributed by atoms with E-state index >= 15 is 0 Å².